The van der Waals surface area contributed by atoms with Crippen LogP contribution >= 0.6 is 0 Å². The van der Waals surface area contributed by atoms with Gasteiger partial charge in [0.2, 0.25) is 0 Å². The molecule has 0 saturated carbocycles. The fourth-order valence-electron chi connectivity index (χ4n) is 1.73. The Morgan fingerprint density at radius 3 is 2.37 bits per heavy atom. The second kappa shape index (κ2) is 5.91. The van der Waals surface area contributed by atoms with Crippen LogP contribution in [0.15, 0.2) is 30.5 Å². The fourth-order valence-corrected chi connectivity index (χ4v) is 1.73. The molecule has 0 saturated heterocycles. The molecule has 0 atom stereocenters. The number of benzene rings is 1. The average Bonchev–Trinajstić information content (AvgIpc) is 2.72. The molecule has 0 spiro atoms. The van der Waals surface area contributed by atoms with E-state index in [0.717, 1.165) is 10.9 Å². The van der Waals surface area contributed by atoms with Gasteiger partial charge in [-0.3, -0.25) is 4.57 Å². The van der Waals surface area contributed by atoms with E-state index < -0.39 is 5.60 Å². The summed E-state index contributed by atoms with van der Waals surface area (Å²) in [5.74, 6) is 0. The topological polar surface area (TPSA) is 31.2 Å². The summed E-state index contributed by atoms with van der Waals surface area (Å²) >= 11 is 0. The van der Waals surface area contributed by atoms with Crippen LogP contribution in [0.3, 0.4) is 0 Å². The summed E-state index contributed by atoms with van der Waals surface area (Å²) in [6, 6.07) is 7.90. The van der Waals surface area contributed by atoms with Crippen LogP contribution in [0.4, 0.5) is 4.79 Å². The van der Waals surface area contributed by atoms with Gasteiger partial charge < -0.3 is 4.74 Å². The third-order valence-corrected chi connectivity index (χ3v) is 2.44. The maximum atomic E-state index is 12.0. The molecule has 2 aromatic rings. The van der Waals surface area contributed by atoms with Gasteiger partial charge in [0.05, 0.1) is 5.52 Å². The molecule has 0 radical (unpaired) electrons. The van der Waals surface area contributed by atoms with Crippen LogP contribution in [0.1, 0.15) is 40.2 Å². The molecule has 0 aliphatic carbocycles. The van der Waals surface area contributed by atoms with Gasteiger partial charge in [-0.1, -0.05) is 25.5 Å². The molecular formula is C16H23NO2. The first-order valence-electron chi connectivity index (χ1n) is 6.68. The first-order valence-corrected chi connectivity index (χ1v) is 6.68. The molecule has 0 amide bonds. The average molecular weight is 261 g/mol. The molecule has 0 aliphatic rings. The highest BCUT2D eigenvalue weighted by molar-refractivity contribution is 5.89. The summed E-state index contributed by atoms with van der Waals surface area (Å²) < 4.78 is 6.89. The zero-order valence-corrected chi connectivity index (χ0v) is 12.7. The number of rotatable bonds is 0. The molecule has 3 heteroatoms. The Labute approximate surface area is 115 Å². The maximum absolute atomic E-state index is 12.0. The van der Waals surface area contributed by atoms with Gasteiger partial charge >= 0.3 is 6.09 Å². The Hall–Kier alpha value is -1.77. The van der Waals surface area contributed by atoms with Gasteiger partial charge in [-0.2, -0.15) is 0 Å². The van der Waals surface area contributed by atoms with Gasteiger partial charge in [-0.25, -0.2) is 4.79 Å². The van der Waals surface area contributed by atoms with Crippen LogP contribution in [-0.4, -0.2) is 16.3 Å². The van der Waals surface area contributed by atoms with E-state index in [0.29, 0.717) is 0 Å². The first-order chi connectivity index (χ1) is 8.87. The molecule has 0 bridgehead atoms. The van der Waals surface area contributed by atoms with E-state index in [1.807, 2.05) is 59.7 Å². The number of hydrogen-bond donors (Lipinski definition) is 0. The van der Waals surface area contributed by atoms with Gasteiger partial charge in [-0.15, -0.1) is 0 Å². The highest BCUT2D eigenvalue weighted by Gasteiger charge is 2.18. The van der Waals surface area contributed by atoms with Crippen molar-refractivity contribution in [3.05, 3.63) is 36.0 Å². The van der Waals surface area contributed by atoms with Gasteiger partial charge in [-0.05, 0) is 45.9 Å². The number of aryl methyl sites for hydroxylation is 1. The minimum Gasteiger partial charge on any atom is -0.443 e. The minimum atomic E-state index is -0.474. The highest BCUT2D eigenvalue weighted by Crippen LogP contribution is 2.19. The van der Waals surface area contributed by atoms with Gasteiger partial charge in [0.15, 0.2) is 0 Å². The van der Waals surface area contributed by atoms with Crippen molar-refractivity contribution in [2.24, 2.45) is 0 Å². The fraction of sp³-hybridized carbons (Fsp3) is 0.438. The van der Waals surface area contributed by atoms with Crippen LogP contribution in [0.5, 0.6) is 0 Å². The largest absolute Gasteiger partial charge is 0.443 e. The molecule has 1 aromatic carbocycles. The van der Waals surface area contributed by atoms with Crippen LogP contribution in [0.25, 0.3) is 10.9 Å². The van der Waals surface area contributed by atoms with E-state index in [2.05, 4.69) is 6.07 Å². The summed E-state index contributed by atoms with van der Waals surface area (Å²) in [6.07, 6.45) is 1.41. The summed E-state index contributed by atoms with van der Waals surface area (Å²) in [4.78, 5) is 12.0. The van der Waals surface area contributed by atoms with Crippen LogP contribution in [0.2, 0.25) is 0 Å². The van der Waals surface area contributed by atoms with E-state index >= 15 is 0 Å². The summed E-state index contributed by atoms with van der Waals surface area (Å²) in [5.41, 5.74) is 1.59. The molecule has 104 valence electrons. The third-order valence-electron chi connectivity index (χ3n) is 2.44. The Morgan fingerprint density at radius 2 is 1.79 bits per heavy atom. The SMILES string of the molecule is CC.Cc1ccc2c(ccn2C(=O)OC(C)(C)C)c1. The molecule has 2 rings (SSSR count). The zero-order chi connectivity index (χ0) is 14.6. The van der Waals surface area contributed by atoms with Crippen molar-refractivity contribution >= 4 is 17.0 Å². The van der Waals surface area contributed by atoms with Gasteiger partial charge in [0.1, 0.15) is 5.60 Å². The quantitative estimate of drug-likeness (QED) is 0.684. The van der Waals surface area contributed by atoms with Crippen molar-refractivity contribution in [2.45, 2.75) is 47.1 Å². The number of ether oxygens (including phenoxy) is 1. The third kappa shape index (κ3) is 3.85. The molecule has 3 nitrogen and oxygen atoms in total. The van der Waals surface area contributed by atoms with Gasteiger partial charge in [0.25, 0.3) is 0 Å². The predicted octanol–water partition coefficient (Wildman–Crippen LogP) is 4.76. The van der Waals surface area contributed by atoms with Crippen molar-refractivity contribution < 1.29 is 9.53 Å². The van der Waals surface area contributed by atoms with Crippen molar-refractivity contribution in [3.8, 4) is 0 Å². The van der Waals surface area contributed by atoms with Crippen molar-refractivity contribution in [3.63, 3.8) is 0 Å². The molecule has 0 unspecified atom stereocenters. The standard InChI is InChI=1S/C14H17NO2.C2H6/c1-10-5-6-12-11(9-10)7-8-15(12)13(16)17-14(2,3)4;1-2/h5-9H,1-4H3;1-2H3. The molecule has 0 fully saturated rings. The lowest BCUT2D eigenvalue weighted by molar-refractivity contribution is 0.0544. The molecule has 0 N–H and O–H groups in total. The Balaban J connectivity index is 0.000000861. The second-order valence-corrected chi connectivity index (χ2v) is 5.23. The van der Waals surface area contributed by atoms with E-state index in [1.54, 1.807) is 10.8 Å². The predicted molar refractivity (Wildman–Crippen MR) is 79.7 cm³/mol. The number of carbonyl (C=O) groups excluding carboxylic acids is 1. The normalized spacial score (nSPS) is 10.8. The summed E-state index contributed by atoms with van der Waals surface area (Å²) in [5, 5.41) is 1.05. The number of carbonyl (C=O) groups is 1. The molecular weight excluding hydrogens is 238 g/mol. The highest BCUT2D eigenvalue weighted by atomic mass is 16.6. The van der Waals surface area contributed by atoms with E-state index in [1.165, 1.54) is 5.56 Å². The Kier molecular flexibility index (Phi) is 4.76. The first kappa shape index (κ1) is 15.3. The summed E-state index contributed by atoms with van der Waals surface area (Å²) in [7, 11) is 0. The number of nitrogens with zero attached hydrogens (tertiary/aromatic N) is 1. The Morgan fingerprint density at radius 1 is 1.16 bits per heavy atom. The lowest BCUT2D eigenvalue weighted by Crippen LogP contribution is -2.26. The maximum Gasteiger partial charge on any atom is 0.418 e. The van der Waals surface area contributed by atoms with Crippen LogP contribution in [-0.2, 0) is 4.74 Å². The molecule has 0 aliphatic heterocycles. The van der Waals surface area contributed by atoms with Gasteiger partial charge in [0, 0.05) is 11.6 Å². The number of hydrogen-bond acceptors (Lipinski definition) is 2. The monoisotopic (exact) mass is 261 g/mol. The minimum absolute atomic E-state index is 0.337. The lowest BCUT2D eigenvalue weighted by atomic mass is 10.2. The Bertz CT molecular complexity index is 562. The van der Waals surface area contributed by atoms with E-state index in [9.17, 15) is 4.79 Å². The summed E-state index contributed by atoms with van der Waals surface area (Å²) in [6.45, 7) is 11.6. The second-order valence-electron chi connectivity index (χ2n) is 5.23. The molecule has 1 heterocycles. The van der Waals surface area contributed by atoms with Crippen molar-refractivity contribution in [1.82, 2.24) is 4.57 Å². The zero-order valence-electron chi connectivity index (χ0n) is 12.7. The number of aromatic nitrogens is 1. The lowest BCUT2D eigenvalue weighted by Gasteiger charge is -2.19. The van der Waals surface area contributed by atoms with E-state index in [4.69, 9.17) is 4.74 Å². The van der Waals surface area contributed by atoms with E-state index in [-0.39, 0.29) is 6.09 Å². The number of fused-ring (bicyclic) bond motifs is 1. The molecule has 19 heavy (non-hydrogen) atoms. The van der Waals surface area contributed by atoms with Crippen molar-refractivity contribution in [2.75, 3.05) is 0 Å². The smallest absolute Gasteiger partial charge is 0.418 e. The van der Waals surface area contributed by atoms with Crippen LogP contribution < -0.4 is 0 Å². The molecule has 1 aromatic heterocycles. The van der Waals surface area contributed by atoms with Crippen molar-refractivity contribution in [1.29, 1.82) is 0 Å². The van der Waals surface area contributed by atoms with Crippen LogP contribution in [0, 0.1) is 6.92 Å².